The molecule has 4 aromatic rings. The number of aromatic nitrogens is 5. The first-order valence-corrected chi connectivity index (χ1v) is 8.82. The molecule has 0 amide bonds. The number of aromatic hydroxyl groups is 2. The Morgan fingerprint density at radius 2 is 1.81 bits per heavy atom. The van der Waals surface area contributed by atoms with Gasteiger partial charge >= 0.3 is 0 Å². The molecule has 0 unspecified atom stereocenters. The van der Waals surface area contributed by atoms with Crippen molar-refractivity contribution in [3.8, 4) is 34.3 Å². The number of rotatable bonds is 4. The third kappa shape index (κ3) is 3.00. The predicted molar refractivity (Wildman–Crippen MR) is 104 cm³/mol. The van der Waals surface area contributed by atoms with Crippen LogP contribution in [0, 0.1) is 4.77 Å². The van der Waals surface area contributed by atoms with Crippen LogP contribution in [0.15, 0.2) is 54.9 Å². The van der Waals surface area contributed by atoms with Crippen LogP contribution in [0.25, 0.3) is 22.8 Å². The number of phenols is 2. The molecule has 136 valence electrons. The first kappa shape index (κ1) is 17.0. The third-order valence-electron chi connectivity index (χ3n) is 4.37. The van der Waals surface area contributed by atoms with Crippen LogP contribution in [0.1, 0.15) is 12.5 Å². The molecule has 3 N–H and O–H groups in total. The fourth-order valence-electron chi connectivity index (χ4n) is 2.98. The van der Waals surface area contributed by atoms with Crippen molar-refractivity contribution in [1.29, 1.82) is 0 Å². The lowest BCUT2D eigenvalue weighted by Gasteiger charge is -2.11. The number of hydrogen-bond acceptors (Lipinski definition) is 5. The Hall–Kier alpha value is -3.39. The molecule has 2 aromatic heterocycles. The van der Waals surface area contributed by atoms with Crippen LogP contribution in [0.5, 0.6) is 11.5 Å². The van der Waals surface area contributed by atoms with Crippen molar-refractivity contribution in [2.75, 3.05) is 0 Å². The summed E-state index contributed by atoms with van der Waals surface area (Å²) in [5.41, 5.74) is 2.93. The molecule has 0 aliphatic rings. The van der Waals surface area contributed by atoms with Gasteiger partial charge in [0.1, 0.15) is 11.5 Å². The van der Waals surface area contributed by atoms with Gasteiger partial charge in [-0.3, -0.25) is 9.67 Å². The first-order chi connectivity index (χ1) is 13.1. The van der Waals surface area contributed by atoms with Crippen LogP contribution in [-0.2, 0) is 6.42 Å². The highest BCUT2D eigenvalue weighted by Crippen LogP contribution is 2.35. The summed E-state index contributed by atoms with van der Waals surface area (Å²) in [7, 11) is 0. The molecule has 8 heteroatoms. The van der Waals surface area contributed by atoms with Crippen molar-refractivity contribution in [2.24, 2.45) is 0 Å². The minimum Gasteiger partial charge on any atom is -0.508 e. The maximum Gasteiger partial charge on any atom is 0.200 e. The predicted octanol–water partition coefficient (Wildman–Crippen LogP) is 3.76. The molecule has 0 radical (unpaired) electrons. The van der Waals surface area contributed by atoms with Crippen LogP contribution < -0.4 is 0 Å². The molecule has 2 heterocycles. The van der Waals surface area contributed by atoms with Gasteiger partial charge in [0.25, 0.3) is 0 Å². The van der Waals surface area contributed by atoms with E-state index < -0.39 is 0 Å². The monoisotopic (exact) mass is 379 g/mol. The van der Waals surface area contributed by atoms with Gasteiger partial charge in [-0.05, 0) is 60.6 Å². The summed E-state index contributed by atoms with van der Waals surface area (Å²) in [5, 5.41) is 31.6. The Morgan fingerprint density at radius 1 is 1.07 bits per heavy atom. The highest BCUT2D eigenvalue weighted by molar-refractivity contribution is 7.71. The summed E-state index contributed by atoms with van der Waals surface area (Å²) in [4.78, 5) is 0. The smallest absolute Gasteiger partial charge is 0.200 e. The van der Waals surface area contributed by atoms with Gasteiger partial charge < -0.3 is 10.2 Å². The largest absolute Gasteiger partial charge is 0.508 e. The average molecular weight is 379 g/mol. The summed E-state index contributed by atoms with van der Waals surface area (Å²) < 4.78 is 3.91. The lowest BCUT2D eigenvalue weighted by Crippen LogP contribution is -2.00. The standard InChI is InChI=1S/C19H17N5O2S/c1-2-12-10-15(17(26)11-16(12)25)18-21-22-19(27)24(18)14-6-4-13(5-7-14)23-9-3-8-20-23/h3-11,25-26H,2H2,1H3,(H,22,27). The van der Waals surface area contributed by atoms with E-state index in [1.54, 1.807) is 21.5 Å². The maximum absolute atomic E-state index is 10.3. The zero-order chi connectivity index (χ0) is 19.0. The Morgan fingerprint density at radius 3 is 2.48 bits per heavy atom. The van der Waals surface area contributed by atoms with E-state index in [-0.39, 0.29) is 11.5 Å². The molecular formula is C19H17N5O2S. The van der Waals surface area contributed by atoms with Crippen LogP contribution >= 0.6 is 12.2 Å². The Bertz CT molecular complexity index is 1140. The molecule has 0 saturated heterocycles. The van der Waals surface area contributed by atoms with E-state index in [4.69, 9.17) is 12.2 Å². The van der Waals surface area contributed by atoms with E-state index >= 15 is 0 Å². The molecule has 0 bridgehead atoms. The van der Waals surface area contributed by atoms with E-state index in [9.17, 15) is 10.2 Å². The quantitative estimate of drug-likeness (QED) is 0.470. The number of aromatic amines is 1. The topological polar surface area (TPSA) is 91.9 Å². The number of benzene rings is 2. The van der Waals surface area contributed by atoms with Crippen molar-refractivity contribution in [3.63, 3.8) is 0 Å². The second-order valence-electron chi connectivity index (χ2n) is 6.01. The van der Waals surface area contributed by atoms with Gasteiger partial charge in [0.05, 0.1) is 16.9 Å². The van der Waals surface area contributed by atoms with Gasteiger partial charge in [0.2, 0.25) is 0 Å². The van der Waals surface area contributed by atoms with Crippen molar-refractivity contribution in [3.05, 3.63) is 65.2 Å². The molecule has 0 spiro atoms. The number of nitrogens with zero attached hydrogens (tertiary/aromatic N) is 4. The van der Waals surface area contributed by atoms with Crippen LogP contribution in [-0.4, -0.2) is 34.8 Å². The molecular weight excluding hydrogens is 362 g/mol. The Balaban J connectivity index is 1.83. The van der Waals surface area contributed by atoms with Gasteiger partial charge in [-0.1, -0.05) is 6.92 Å². The number of aryl methyl sites for hydroxylation is 1. The summed E-state index contributed by atoms with van der Waals surface area (Å²) in [6.07, 6.45) is 4.21. The highest BCUT2D eigenvalue weighted by Gasteiger charge is 2.17. The lowest BCUT2D eigenvalue weighted by atomic mass is 10.1. The summed E-state index contributed by atoms with van der Waals surface area (Å²) >= 11 is 5.39. The molecule has 0 saturated carbocycles. The molecule has 2 aromatic carbocycles. The van der Waals surface area contributed by atoms with E-state index in [1.807, 2.05) is 43.5 Å². The van der Waals surface area contributed by atoms with Crippen LogP contribution in [0.3, 0.4) is 0 Å². The molecule has 0 atom stereocenters. The average Bonchev–Trinajstić information content (AvgIpc) is 3.32. The summed E-state index contributed by atoms with van der Waals surface area (Å²) in [6.45, 7) is 1.93. The summed E-state index contributed by atoms with van der Waals surface area (Å²) in [5.74, 6) is 0.468. The second kappa shape index (κ2) is 6.73. The Kier molecular flexibility index (Phi) is 4.25. The SMILES string of the molecule is CCc1cc(-c2n[nH]c(=S)n2-c2ccc(-n3cccn3)cc2)c(O)cc1O. The molecule has 27 heavy (non-hydrogen) atoms. The number of nitrogens with one attached hydrogen (secondary N) is 1. The zero-order valence-electron chi connectivity index (χ0n) is 14.5. The second-order valence-corrected chi connectivity index (χ2v) is 6.39. The van der Waals surface area contributed by atoms with Gasteiger partial charge in [0, 0.05) is 18.5 Å². The van der Waals surface area contributed by atoms with E-state index in [0.29, 0.717) is 22.6 Å². The van der Waals surface area contributed by atoms with Crippen LogP contribution in [0.4, 0.5) is 0 Å². The van der Waals surface area contributed by atoms with Crippen molar-refractivity contribution >= 4 is 12.2 Å². The van der Waals surface area contributed by atoms with E-state index in [1.165, 1.54) is 6.07 Å². The van der Waals surface area contributed by atoms with Gasteiger partial charge in [-0.25, -0.2) is 4.68 Å². The van der Waals surface area contributed by atoms with E-state index in [2.05, 4.69) is 15.3 Å². The lowest BCUT2D eigenvalue weighted by molar-refractivity contribution is 0.447. The zero-order valence-corrected chi connectivity index (χ0v) is 15.3. The van der Waals surface area contributed by atoms with Crippen LogP contribution in [0.2, 0.25) is 0 Å². The van der Waals surface area contributed by atoms with Gasteiger partial charge in [-0.2, -0.15) is 10.2 Å². The minimum atomic E-state index is -0.0619. The van der Waals surface area contributed by atoms with Crippen molar-refractivity contribution in [2.45, 2.75) is 13.3 Å². The highest BCUT2D eigenvalue weighted by atomic mass is 32.1. The fraction of sp³-hybridized carbons (Fsp3) is 0.105. The first-order valence-electron chi connectivity index (χ1n) is 8.41. The molecule has 4 rings (SSSR count). The molecule has 0 fully saturated rings. The minimum absolute atomic E-state index is 0.0583. The summed E-state index contributed by atoms with van der Waals surface area (Å²) in [6, 6.07) is 12.6. The Labute approximate surface area is 160 Å². The van der Waals surface area contributed by atoms with E-state index in [0.717, 1.165) is 16.9 Å². The number of hydrogen-bond donors (Lipinski definition) is 3. The number of phenolic OH excluding ortho intramolecular Hbond substituents is 2. The molecule has 0 aliphatic carbocycles. The van der Waals surface area contributed by atoms with Crippen molar-refractivity contribution in [1.82, 2.24) is 24.5 Å². The molecule has 7 nitrogen and oxygen atoms in total. The van der Waals surface area contributed by atoms with Crippen molar-refractivity contribution < 1.29 is 10.2 Å². The number of H-pyrrole nitrogens is 1. The van der Waals surface area contributed by atoms with Gasteiger partial charge in [-0.15, -0.1) is 0 Å². The third-order valence-corrected chi connectivity index (χ3v) is 4.64. The molecule has 0 aliphatic heterocycles. The van der Waals surface area contributed by atoms with Gasteiger partial charge in [0.15, 0.2) is 10.6 Å². The maximum atomic E-state index is 10.3. The fourth-order valence-corrected chi connectivity index (χ4v) is 3.22. The normalized spacial score (nSPS) is 11.0.